The predicted molar refractivity (Wildman–Crippen MR) is 126 cm³/mol. The number of hydrogen-bond acceptors (Lipinski definition) is 5. The highest BCUT2D eigenvalue weighted by atomic mass is 19.1. The molecule has 0 saturated heterocycles. The number of carbonyl (C=O) groups is 2. The Bertz CT molecular complexity index is 991. The molecule has 8 heteroatoms. The molecule has 0 heterocycles. The number of amides is 1. The molecular weight excluding hydrogens is 425 g/mol. The number of aliphatic imine (C=N–C) groups is 1. The van der Waals surface area contributed by atoms with Crippen LogP contribution in [0.1, 0.15) is 37.8 Å². The quantitative estimate of drug-likeness (QED) is 0.398. The molecule has 2 aromatic carbocycles. The van der Waals surface area contributed by atoms with Gasteiger partial charge in [0, 0.05) is 6.42 Å². The minimum atomic E-state index is -0.676. The monoisotopic (exact) mass is 457 g/mol. The molecule has 0 aliphatic carbocycles. The van der Waals surface area contributed by atoms with Crippen LogP contribution in [0.15, 0.2) is 47.5 Å². The second-order valence-corrected chi connectivity index (χ2v) is 8.17. The van der Waals surface area contributed by atoms with E-state index >= 15 is 0 Å². The van der Waals surface area contributed by atoms with Gasteiger partial charge in [0.05, 0.1) is 20.6 Å². The summed E-state index contributed by atoms with van der Waals surface area (Å²) in [7, 11) is 2.95. The number of nitrogens with two attached hydrogens (primary N) is 1. The van der Waals surface area contributed by atoms with E-state index < -0.39 is 11.9 Å². The molecule has 2 rings (SSSR count). The van der Waals surface area contributed by atoms with E-state index in [1.54, 1.807) is 37.4 Å². The molecule has 0 aromatic heterocycles. The topological polar surface area (TPSA) is 103 Å². The Morgan fingerprint density at radius 2 is 1.85 bits per heavy atom. The third-order valence-corrected chi connectivity index (χ3v) is 5.00. The van der Waals surface area contributed by atoms with Crippen LogP contribution in [0.5, 0.6) is 11.5 Å². The molecule has 0 fully saturated rings. The van der Waals surface area contributed by atoms with Crippen LogP contribution in [0.25, 0.3) is 0 Å². The van der Waals surface area contributed by atoms with Crippen LogP contribution in [0.4, 0.5) is 4.39 Å². The van der Waals surface area contributed by atoms with Crippen LogP contribution < -0.4 is 20.5 Å². The average molecular weight is 458 g/mol. The van der Waals surface area contributed by atoms with Gasteiger partial charge in [-0.1, -0.05) is 32.0 Å². The van der Waals surface area contributed by atoms with Gasteiger partial charge in [0.1, 0.15) is 11.8 Å². The van der Waals surface area contributed by atoms with Gasteiger partial charge in [-0.05, 0) is 54.2 Å². The standard InChI is InChI=1S/C25H32FN3O4/c1-16(2)12-21(22(30)11-9-17-8-10-20(26)23(14-17)33-4)28-25(27)29-24(31)15-18-6-5-7-19(13-18)32-3/h5-8,10,13-14,16,21H,9,11-12,15H2,1-4H3,(H3,27,28,29,31)/t21-/m1/s1. The molecule has 1 amide bonds. The number of guanidine groups is 1. The van der Waals surface area contributed by atoms with Crippen LogP contribution in [0, 0.1) is 11.7 Å². The predicted octanol–water partition coefficient (Wildman–Crippen LogP) is 3.43. The Morgan fingerprint density at radius 1 is 1.09 bits per heavy atom. The van der Waals surface area contributed by atoms with Crippen LogP contribution >= 0.6 is 0 Å². The molecule has 0 saturated carbocycles. The number of rotatable bonds is 11. The summed E-state index contributed by atoms with van der Waals surface area (Å²) >= 11 is 0. The normalized spacial score (nSPS) is 12.4. The second-order valence-electron chi connectivity index (χ2n) is 8.17. The lowest BCUT2D eigenvalue weighted by Crippen LogP contribution is -2.39. The summed E-state index contributed by atoms with van der Waals surface area (Å²) in [6, 6.07) is 11.0. The molecule has 0 aliphatic heterocycles. The summed E-state index contributed by atoms with van der Waals surface area (Å²) in [5.74, 6) is 0.0187. The molecule has 0 bridgehead atoms. The fraction of sp³-hybridized carbons (Fsp3) is 0.400. The maximum Gasteiger partial charge on any atom is 0.231 e. The molecule has 3 N–H and O–H groups in total. The smallest absolute Gasteiger partial charge is 0.231 e. The maximum absolute atomic E-state index is 13.6. The van der Waals surface area contributed by atoms with Crippen LogP contribution in [-0.4, -0.2) is 37.9 Å². The number of methoxy groups -OCH3 is 2. The van der Waals surface area contributed by atoms with Gasteiger partial charge in [0.2, 0.25) is 5.91 Å². The number of halogens is 1. The fourth-order valence-electron chi connectivity index (χ4n) is 3.35. The largest absolute Gasteiger partial charge is 0.497 e. The van der Waals surface area contributed by atoms with Gasteiger partial charge < -0.3 is 15.2 Å². The number of ketones is 1. The van der Waals surface area contributed by atoms with Crippen molar-refractivity contribution in [1.82, 2.24) is 5.32 Å². The summed E-state index contributed by atoms with van der Waals surface area (Å²) in [5.41, 5.74) is 7.50. The first-order chi connectivity index (χ1) is 15.7. The van der Waals surface area contributed by atoms with Crippen molar-refractivity contribution in [3.63, 3.8) is 0 Å². The SMILES string of the molecule is COc1cccc(CC(=O)NC(N)=N[C@H](CC(C)C)C(=O)CCc2ccc(F)c(OC)c2)c1. The summed E-state index contributed by atoms with van der Waals surface area (Å²) in [6.07, 6.45) is 1.23. The molecule has 0 unspecified atom stereocenters. The number of nitrogens with one attached hydrogen (secondary N) is 1. The first kappa shape index (κ1) is 25.8. The number of carbonyl (C=O) groups excluding carboxylic acids is 2. The van der Waals surface area contributed by atoms with Gasteiger partial charge in [0.25, 0.3) is 0 Å². The van der Waals surface area contributed by atoms with Gasteiger partial charge in [0.15, 0.2) is 23.3 Å². The molecule has 178 valence electrons. The van der Waals surface area contributed by atoms with E-state index in [1.165, 1.54) is 13.2 Å². The molecule has 1 atom stereocenters. The Morgan fingerprint density at radius 3 is 2.52 bits per heavy atom. The highest BCUT2D eigenvalue weighted by Gasteiger charge is 2.20. The minimum absolute atomic E-state index is 0.0923. The van der Waals surface area contributed by atoms with Crippen molar-refractivity contribution in [2.45, 2.75) is 45.6 Å². The molecule has 0 radical (unpaired) electrons. The maximum atomic E-state index is 13.6. The van der Waals surface area contributed by atoms with Gasteiger partial charge in [-0.3, -0.25) is 14.9 Å². The summed E-state index contributed by atoms with van der Waals surface area (Å²) in [6.45, 7) is 3.97. The minimum Gasteiger partial charge on any atom is -0.497 e. The van der Waals surface area contributed by atoms with E-state index in [-0.39, 0.29) is 42.2 Å². The first-order valence-corrected chi connectivity index (χ1v) is 10.8. The van der Waals surface area contributed by atoms with Gasteiger partial charge in [-0.15, -0.1) is 0 Å². The third kappa shape index (κ3) is 8.56. The van der Waals surface area contributed by atoms with Crippen LogP contribution in [0.2, 0.25) is 0 Å². The van der Waals surface area contributed by atoms with Crippen LogP contribution in [0.3, 0.4) is 0 Å². The van der Waals surface area contributed by atoms with Gasteiger partial charge >= 0.3 is 0 Å². The zero-order chi connectivity index (χ0) is 24.4. The summed E-state index contributed by atoms with van der Waals surface area (Å²) in [5, 5.41) is 2.56. The third-order valence-electron chi connectivity index (χ3n) is 5.00. The van der Waals surface area contributed by atoms with E-state index in [1.807, 2.05) is 19.9 Å². The first-order valence-electron chi connectivity index (χ1n) is 10.8. The summed E-state index contributed by atoms with van der Waals surface area (Å²) in [4.78, 5) is 29.5. The number of nitrogens with zero attached hydrogens (tertiary/aromatic N) is 1. The van der Waals surface area contributed by atoms with Crippen molar-refractivity contribution >= 4 is 17.6 Å². The average Bonchev–Trinajstić information content (AvgIpc) is 2.77. The Hall–Kier alpha value is -3.42. The number of Topliss-reactive ketones (excluding diaryl/α,β-unsaturated/α-hetero) is 1. The van der Waals surface area contributed by atoms with Crippen molar-refractivity contribution in [2.75, 3.05) is 14.2 Å². The lowest BCUT2D eigenvalue weighted by Gasteiger charge is -2.15. The number of benzene rings is 2. The van der Waals surface area contributed by atoms with Crippen molar-refractivity contribution in [3.8, 4) is 11.5 Å². The zero-order valence-corrected chi connectivity index (χ0v) is 19.6. The molecule has 7 nitrogen and oxygen atoms in total. The number of hydrogen-bond donors (Lipinski definition) is 2. The molecule has 0 aliphatic rings. The van der Waals surface area contributed by atoms with Gasteiger partial charge in [-0.2, -0.15) is 0 Å². The fourth-order valence-corrected chi connectivity index (χ4v) is 3.35. The second kappa shape index (κ2) is 12.6. The van der Waals surface area contributed by atoms with E-state index in [0.717, 1.165) is 11.1 Å². The molecule has 0 spiro atoms. The molecular formula is C25H32FN3O4. The van der Waals surface area contributed by atoms with Crippen molar-refractivity contribution < 1.29 is 23.5 Å². The van der Waals surface area contributed by atoms with Crippen LogP contribution in [-0.2, 0) is 22.4 Å². The number of aryl methyl sites for hydroxylation is 1. The molecule has 2 aromatic rings. The Labute approximate surface area is 194 Å². The van der Waals surface area contributed by atoms with Crippen molar-refractivity contribution in [3.05, 3.63) is 59.4 Å². The summed E-state index contributed by atoms with van der Waals surface area (Å²) < 4.78 is 23.8. The van der Waals surface area contributed by atoms with Crippen molar-refractivity contribution in [1.29, 1.82) is 0 Å². The number of ether oxygens (including phenoxy) is 2. The lowest BCUT2D eigenvalue weighted by atomic mass is 9.96. The Kier molecular flexibility index (Phi) is 9.84. The highest BCUT2D eigenvalue weighted by Crippen LogP contribution is 2.20. The Balaban J connectivity index is 2.01. The van der Waals surface area contributed by atoms with E-state index in [2.05, 4.69) is 10.3 Å². The van der Waals surface area contributed by atoms with E-state index in [0.29, 0.717) is 18.6 Å². The van der Waals surface area contributed by atoms with E-state index in [4.69, 9.17) is 15.2 Å². The van der Waals surface area contributed by atoms with E-state index in [9.17, 15) is 14.0 Å². The molecule has 33 heavy (non-hydrogen) atoms. The van der Waals surface area contributed by atoms with Crippen molar-refractivity contribution in [2.24, 2.45) is 16.6 Å². The van der Waals surface area contributed by atoms with Gasteiger partial charge in [-0.25, -0.2) is 9.38 Å². The highest BCUT2D eigenvalue weighted by molar-refractivity contribution is 5.98. The lowest BCUT2D eigenvalue weighted by molar-refractivity contribution is -0.121. The zero-order valence-electron chi connectivity index (χ0n) is 19.6.